The smallest absolute Gasteiger partial charge is 0.311 e. The summed E-state index contributed by atoms with van der Waals surface area (Å²) >= 11 is 5.77. The fourth-order valence-corrected chi connectivity index (χ4v) is 2.06. The fraction of sp³-hybridized carbons (Fsp3) is 0.214. The van der Waals surface area contributed by atoms with Crippen molar-refractivity contribution in [1.29, 1.82) is 0 Å². The van der Waals surface area contributed by atoms with Gasteiger partial charge in [-0.3, -0.25) is 10.1 Å². The second-order valence-electron chi connectivity index (χ2n) is 4.55. The molecule has 0 radical (unpaired) electrons. The fourth-order valence-electron chi connectivity index (χ4n) is 1.92. The van der Waals surface area contributed by atoms with Gasteiger partial charge in [-0.2, -0.15) is 0 Å². The van der Waals surface area contributed by atoms with E-state index in [1.807, 2.05) is 18.2 Å². The molecular weight excluding hydrogens is 294 g/mol. The molecule has 110 valence electrons. The van der Waals surface area contributed by atoms with Gasteiger partial charge in [-0.05, 0) is 18.6 Å². The summed E-state index contributed by atoms with van der Waals surface area (Å²) in [6.45, 7) is 1.71. The third kappa shape index (κ3) is 3.68. The molecule has 0 spiro atoms. The van der Waals surface area contributed by atoms with Gasteiger partial charge in [-0.1, -0.05) is 41.9 Å². The Kier molecular flexibility index (Phi) is 4.72. The van der Waals surface area contributed by atoms with Crippen LogP contribution in [0.3, 0.4) is 0 Å². The van der Waals surface area contributed by atoms with Gasteiger partial charge in [-0.15, -0.1) is 0 Å². The third-order valence-electron chi connectivity index (χ3n) is 3.02. The largest absolute Gasteiger partial charge is 0.386 e. The minimum absolute atomic E-state index is 0.0370. The summed E-state index contributed by atoms with van der Waals surface area (Å²) in [5.74, 6) is 0.0370. The number of aliphatic hydroxyl groups excluding tert-OH is 1. The summed E-state index contributed by atoms with van der Waals surface area (Å²) < 4.78 is 0. The van der Waals surface area contributed by atoms with Crippen LogP contribution in [0.2, 0.25) is 5.15 Å². The Balaban J connectivity index is 2.21. The van der Waals surface area contributed by atoms with Gasteiger partial charge in [0.2, 0.25) is 5.82 Å². The lowest BCUT2D eigenvalue weighted by atomic mass is 10.0. The van der Waals surface area contributed by atoms with Gasteiger partial charge in [-0.25, -0.2) is 4.98 Å². The molecular formula is C14H14ClN3O3. The van der Waals surface area contributed by atoms with Gasteiger partial charge >= 0.3 is 5.69 Å². The molecule has 2 unspecified atom stereocenters. The van der Waals surface area contributed by atoms with Crippen molar-refractivity contribution in [2.75, 3.05) is 5.32 Å². The number of pyridine rings is 1. The maximum atomic E-state index is 11.0. The average Bonchev–Trinajstić information content (AvgIpc) is 2.47. The summed E-state index contributed by atoms with van der Waals surface area (Å²) in [4.78, 5) is 14.3. The zero-order valence-electron chi connectivity index (χ0n) is 11.2. The second-order valence-corrected chi connectivity index (χ2v) is 4.93. The number of anilines is 1. The number of rotatable bonds is 5. The lowest BCUT2D eigenvalue weighted by Crippen LogP contribution is -2.25. The first kappa shape index (κ1) is 15.2. The first-order chi connectivity index (χ1) is 9.99. The van der Waals surface area contributed by atoms with Crippen LogP contribution >= 0.6 is 11.6 Å². The Labute approximate surface area is 126 Å². The molecule has 2 rings (SSSR count). The molecule has 0 aliphatic carbocycles. The number of aliphatic hydroxyl groups is 1. The van der Waals surface area contributed by atoms with Crippen LogP contribution in [-0.2, 0) is 0 Å². The predicted molar refractivity (Wildman–Crippen MR) is 80.4 cm³/mol. The van der Waals surface area contributed by atoms with Crippen LogP contribution in [0, 0.1) is 10.1 Å². The molecule has 0 fully saturated rings. The highest BCUT2D eigenvalue weighted by Gasteiger charge is 2.22. The Bertz CT molecular complexity index is 637. The summed E-state index contributed by atoms with van der Waals surface area (Å²) in [7, 11) is 0. The van der Waals surface area contributed by atoms with E-state index in [9.17, 15) is 15.2 Å². The van der Waals surface area contributed by atoms with Crippen LogP contribution in [0.1, 0.15) is 18.6 Å². The molecule has 0 saturated heterocycles. The second kappa shape index (κ2) is 6.51. The van der Waals surface area contributed by atoms with E-state index in [-0.39, 0.29) is 16.7 Å². The van der Waals surface area contributed by atoms with Crippen LogP contribution in [0.15, 0.2) is 42.5 Å². The topological polar surface area (TPSA) is 88.3 Å². The minimum atomic E-state index is -0.827. The molecule has 7 heteroatoms. The zero-order valence-corrected chi connectivity index (χ0v) is 12.0. The zero-order chi connectivity index (χ0) is 15.4. The molecule has 1 heterocycles. The average molecular weight is 308 g/mol. The first-order valence-electron chi connectivity index (χ1n) is 6.29. The van der Waals surface area contributed by atoms with Gasteiger partial charge in [0.25, 0.3) is 0 Å². The van der Waals surface area contributed by atoms with Crippen molar-refractivity contribution in [1.82, 2.24) is 4.98 Å². The summed E-state index contributed by atoms with van der Waals surface area (Å²) in [5, 5.41) is 24.2. The van der Waals surface area contributed by atoms with E-state index >= 15 is 0 Å². The number of aromatic nitrogens is 1. The molecule has 2 N–H and O–H groups in total. The number of benzene rings is 1. The maximum Gasteiger partial charge on any atom is 0.311 e. The summed E-state index contributed by atoms with van der Waals surface area (Å²) in [5.41, 5.74) is 0.522. The Morgan fingerprint density at radius 2 is 1.95 bits per heavy atom. The van der Waals surface area contributed by atoms with E-state index in [1.165, 1.54) is 12.1 Å². The van der Waals surface area contributed by atoms with Gasteiger partial charge in [0.05, 0.1) is 17.1 Å². The number of nitrogens with zero attached hydrogens (tertiary/aromatic N) is 2. The molecule has 0 aliphatic rings. The Morgan fingerprint density at radius 3 is 2.57 bits per heavy atom. The van der Waals surface area contributed by atoms with E-state index < -0.39 is 17.1 Å². The monoisotopic (exact) mass is 307 g/mol. The molecule has 1 aromatic carbocycles. The van der Waals surface area contributed by atoms with Gasteiger partial charge in [0, 0.05) is 6.07 Å². The lowest BCUT2D eigenvalue weighted by molar-refractivity contribution is -0.384. The van der Waals surface area contributed by atoms with Crippen LogP contribution in [-0.4, -0.2) is 21.1 Å². The number of halogens is 1. The van der Waals surface area contributed by atoms with Crippen LogP contribution in [0.5, 0.6) is 0 Å². The number of nitro groups is 1. The highest BCUT2D eigenvalue weighted by Crippen LogP contribution is 2.27. The molecule has 6 nitrogen and oxygen atoms in total. The maximum absolute atomic E-state index is 11.0. The molecule has 21 heavy (non-hydrogen) atoms. The van der Waals surface area contributed by atoms with Gasteiger partial charge in [0.1, 0.15) is 5.15 Å². The van der Waals surface area contributed by atoms with E-state index in [1.54, 1.807) is 19.1 Å². The van der Waals surface area contributed by atoms with Crippen molar-refractivity contribution >= 4 is 23.1 Å². The molecule has 2 aromatic rings. The van der Waals surface area contributed by atoms with Crippen molar-refractivity contribution in [3.8, 4) is 0 Å². The normalized spacial score (nSPS) is 13.5. The van der Waals surface area contributed by atoms with Crippen molar-refractivity contribution in [3.05, 3.63) is 63.3 Å². The highest BCUT2D eigenvalue weighted by atomic mass is 35.5. The van der Waals surface area contributed by atoms with Gasteiger partial charge < -0.3 is 10.4 Å². The van der Waals surface area contributed by atoms with Gasteiger partial charge in [0.15, 0.2) is 0 Å². The number of nitrogens with one attached hydrogen (secondary N) is 1. The SMILES string of the molecule is CC(Nc1nc(Cl)ccc1[N+](=O)[O-])C(O)c1ccccc1. The molecule has 0 aliphatic heterocycles. The van der Waals surface area contributed by atoms with E-state index in [0.29, 0.717) is 5.56 Å². The highest BCUT2D eigenvalue weighted by molar-refractivity contribution is 6.29. The lowest BCUT2D eigenvalue weighted by Gasteiger charge is -2.21. The van der Waals surface area contributed by atoms with Crippen LogP contribution in [0.25, 0.3) is 0 Å². The molecule has 2 atom stereocenters. The summed E-state index contributed by atoms with van der Waals surface area (Å²) in [6.07, 6.45) is -0.827. The molecule has 0 amide bonds. The van der Waals surface area contributed by atoms with E-state index in [4.69, 9.17) is 11.6 Å². The Morgan fingerprint density at radius 1 is 1.29 bits per heavy atom. The predicted octanol–water partition coefficient (Wildman–Crippen LogP) is 3.18. The van der Waals surface area contributed by atoms with Crippen LogP contribution in [0.4, 0.5) is 11.5 Å². The minimum Gasteiger partial charge on any atom is -0.386 e. The standard InChI is InChI=1S/C14H14ClN3O3/c1-9(13(19)10-5-3-2-4-6-10)16-14-11(18(20)21)7-8-12(15)17-14/h2-9,13,19H,1H3,(H,16,17). The summed E-state index contributed by atoms with van der Waals surface area (Å²) in [6, 6.07) is 11.2. The van der Waals surface area contributed by atoms with E-state index in [0.717, 1.165) is 0 Å². The molecule has 1 aromatic heterocycles. The number of hydrogen-bond acceptors (Lipinski definition) is 5. The number of hydrogen-bond donors (Lipinski definition) is 2. The van der Waals surface area contributed by atoms with E-state index in [2.05, 4.69) is 10.3 Å². The van der Waals surface area contributed by atoms with Crippen molar-refractivity contribution in [2.45, 2.75) is 19.1 Å². The quantitative estimate of drug-likeness (QED) is 0.503. The third-order valence-corrected chi connectivity index (χ3v) is 3.23. The van der Waals surface area contributed by atoms with Crippen molar-refractivity contribution in [2.24, 2.45) is 0 Å². The van der Waals surface area contributed by atoms with Crippen molar-refractivity contribution < 1.29 is 10.0 Å². The molecule has 0 bridgehead atoms. The first-order valence-corrected chi connectivity index (χ1v) is 6.67. The van der Waals surface area contributed by atoms with Crippen molar-refractivity contribution in [3.63, 3.8) is 0 Å². The molecule has 0 saturated carbocycles. The Hall–Kier alpha value is -2.18. The van der Waals surface area contributed by atoms with Crippen LogP contribution < -0.4 is 5.32 Å².